The third kappa shape index (κ3) is 7.97. The first-order valence-corrected chi connectivity index (χ1v) is 15.8. The van der Waals surface area contributed by atoms with Crippen molar-refractivity contribution in [3.05, 3.63) is 34.5 Å². The maximum atomic E-state index is 13.4. The van der Waals surface area contributed by atoms with Crippen LogP contribution in [-0.4, -0.2) is 78.3 Å². The second kappa shape index (κ2) is 13.0. The molecular formula is C27H34ClF5N4O5S. The highest BCUT2D eigenvalue weighted by Crippen LogP contribution is 2.43. The summed E-state index contributed by atoms with van der Waals surface area (Å²) in [6.07, 6.45) is -3.31. The molecule has 1 aliphatic heterocycles. The molecule has 0 radical (unpaired) electrons. The SMILES string of the molecule is CCn1nc(C(=O)NC[C@@H]2CC[C@@H](S(C)(=O)=O)CN2C(C)=O)c(Cl)c1-c1ccc(CC(C)(C)C(F)(F)F)cc1OC(F)F. The van der Waals surface area contributed by atoms with Gasteiger partial charge in [0.05, 0.1) is 21.4 Å². The Morgan fingerprint density at radius 2 is 1.86 bits per heavy atom. The molecule has 2 aromatic rings. The van der Waals surface area contributed by atoms with Crippen LogP contribution < -0.4 is 10.1 Å². The fourth-order valence-corrected chi connectivity index (χ4v) is 6.30. The first-order valence-electron chi connectivity index (χ1n) is 13.4. The Hall–Kier alpha value is -2.94. The molecule has 9 nitrogen and oxygen atoms in total. The summed E-state index contributed by atoms with van der Waals surface area (Å²) in [5.74, 6) is -1.52. The number of rotatable bonds is 10. The number of amides is 2. The molecule has 2 atom stereocenters. The predicted octanol–water partition coefficient (Wildman–Crippen LogP) is 5.11. The number of benzene rings is 1. The molecule has 2 heterocycles. The van der Waals surface area contributed by atoms with Crippen molar-refractivity contribution in [1.82, 2.24) is 20.0 Å². The van der Waals surface area contributed by atoms with Gasteiger partial charge in [0.1, 0.15) is 5.75 Å². The molecule has 1 aromatic carbocycles. The lowest BCUT2D eigenvalue weighted by Crippen LogP contribution is -2.53. The number of nitrogens with one attached hydrogen (secondary N) is 1. The first kappa shape index (κ1) is 34.5. The van der Waals surface area contributed by atoms with E-state index in [0.29, 0.717) is 12.8 Å². The van der Waals surface area contributed by atoms with Crippen molar-refractivity contribution in [2.45, 2.75) is 77.6 Å². The number of aromatic nitrogens is 2. The van der Waals surface area contributed by atoms with Crippen molar-refractivity contribution < 1.29 is 44.7 Å². The van der Waals surface area contributed by atoms with Crippen LogP contribution in [-0.2, 0) is 27.6 Å². The molecule has 1 fully saturated rings. The zero-order chi connectivity index (χ0) is 32.5. The molecule has 0 unspecified atom stereocenters. The normalized spacial score (nSPS) is 18.2. The maximum absolute atomic E-state index is 13.4. The number of likely N-dealkylation sites (tertiary alicyclic amines) is 1. The summed E-state index contributed by atoms with van der Waals surface area (Å²) >= 11 is 6.56. The molecule has 0 saturated carbocycles. The van der Waals surface area contributed by atoms with E-state index in [1.807, 2.05) is 0 Å². The van der Waals surface area contributed by atoms with E-state index in [9.17, 15) is 40.0 Å². The van der Waals surface area contributed by atoms with Gasteiger partial charge < -0.3 is 15.0 Å². The number of sulfone groups is 1. The summed E-state index contributed by atoms with van der Waals surface area (Å²) < 4.78 is 97.0. The van der Waals surface area contributed by atoms with Gasteiger partial charge in [0.15, 0.2) is 15.5 Å². The van der Waals surface area contributed by atoms with Gasteiger partial charge in [-0.1, -0.05) is 31.5 Å². The van der Waals surface area contributed by atoms with Gasteiger partial charge in [-0.15, -0.1) is 0 Å². The Bertz CT molecular complexity index is 1460. The van der Waals surface area contributed by atoms with Crippen molar-refractivity contribution in [3.63, 3.8) is 0 Å². The van der Waals surface area contributed by atoms with Crippen LogP contribution in [0.5, 0.6) is 5.75 Å². The number of hydrogen-bond acceptors (Lipinski definition) is 6. The van der Waals surface area contributed by atoms with Crippen molar-refractivity contribution in [2.24, 2.45) is 5.41 Å². The summed E-state index contributed by atoms with van der Waals surface area (Å²) in [6, 6.07) is 3.24. The predicted molar refractivity (Wildman–Crippen MR) is 150 cm³/mol. The highest BCUT2D eigenvalue weighted by Gasteiger charge is 2.47. The van der Waals surface area contributed by atoms with Crippen LogP contribution in [0.3, 0.4) is 0 Å². The van der Waals surface area contributed by atoms with Crippen LogP contribution in [0.25, 0.3) is 11.3 Å². The molecule has 16 heteroatoms. The minimum atomic E-state index is -4.55. The fraction of sp³-hybridized carbons (Fsp3) is 0.593. The summed E-state index contributed by atoms with van der Waals surface area (Å²) in [7, 11) is -3.38. The van der Waals surface area contributed by atoms with Gasteiger partial charge in [-0.3, -0.25) is 14.3 Å². The number of piperidine rings is 1. The van der Waals surface area contributed by atoms with E-state index in [2.05, 4.69) is 15.2 Å². The van der Waals surface area contributed by atoms with Gasteiger partial charge >= 0.3 is 12.8 Å². The molecule has 43 heavy (non-hydrogen) atoms. The molecule has 0 bridgehead atoms. The van der Waals surface area contributed by atoms with Gasteiger partial charge in [-0.2, -0.15) is 27.1 Å². The molecule has 240 valence electrons. The largest absolute Gasteiger partial charge is 0.434 e. The molecule has 0 spiro atoms. The second-order valence-electron chi connectivity index (χ2n) is 11.2. The van der Waals surface area contributed by atoms with E-state index in [-0.39, 0.29) is 53.1 Å². The molecule has 2 amide bonds. The highest BCUT2D eigenvalue weighted by atomic mass is 35.5. The number of carbonyl (C=O) groups excluding carboxylic acids is 2. The van der Waals surface area contributed by atoms with E-state index < -0.39 is 57.4 Å². The van der Waals surface area contributed by atoms with Crippen LogP contribution in [0.2, 0.25) is 5.02 Å². The first-order chi connectivity index (χ1) is 19.8. The molecule has 1 aliphatic rings. The van der Waals surface area contributed by atoms with Gasteiger partial charge in [-0.25, -0.2) is 8.42 Å². The van der Waals surface area contributed by atoms with Gasteiger partial charge in [0.2, 0.25) is 5.91 Å². The zero-order valence-electron chi connectivity index (χ0n) is 24.3. The monoisotopic (exact) mass is 656 g/mol. The summed E-state index contributed by atoms with van der Waals surface area (Å²) in [5, 5.41) is 5.97. The van der Waals surface area contributed by atoms with E-state index in [4.69, 9.17) is 11.6 Å². The van der Waals surface area contributed by atoms with Gasteiger partial charge in [0, 0.05) is 44.4 Å². The fourth-order valence-electron chi connectivity index (χ4n) is 4.98. The number of hydrogen-bond donors (Lipinski definition) is 1. The molecular weight excluding hydrogens is 623 g/mol. The van der Waals surface area contributed by atoms with Gasteiger partial charge in [-0.05, 0) is 43.9 Å². The van der Waals surface area contributed by atoms with E-state index in [1.54, 1.807) is 6.92 Å². The number of ether oxygens (including phenoxy) is 1. The Balaban J connectivity index is 1.91. The van der Waals surface area contributed by atoms with Crippen molar-refractivity contribution >= 4 is 33.3 Å². The van der Waals surface area contributed by atoms with Crippen LogP contribution in [0.4, 0.5) is 22.0 Å². The lowest BCUT2D eigenvalue weighted by atomic mass is 9.84. The quantitative estimate of drug-likeness (QED) is 0.356. The average Bonchev–Trinajstić information content (AvgIpc) is 3.21. The summed E-state index contributed by atoms with van der Waals surface area (Å²) in [5.41, 5.74) is -2.26. The third-order valence-electron chi connectivity index (χ3n) is 7.51. The minimum absolute atomic E-state index is 0.00545. The number of nitrogens with zero attached hydrogens (tertiary/aromatic N) is 3. The maximum Gasteiger partial charge on any atom is 0.394 e. The van der Waals surface area contributed by atoms with Crippen LogP contribution in [0.15, 0.2) is 18.2 Å². The number of aryl methyl sites for hydroxylation is 1. The number of alkyl halides is 5. The Kier molecular flexibility index (Phi) is 10.4. The van der Waals surface area contributed by atoms with Crippen LogP contribution in [0, 0.1) is 5.41 Å². The smallest absolute Gasteiger partial charge is 0.394 e. The molecule has 1 aromatic heterocycles. The zero-order valence-corrected chi connectivity index (χ0v) is 25.8. The Morgan fingerprint density at radius 1 is 1.21 bits per heavy atom. The van der Waals surface area contributed by atoms with Crippen LogP contribution in [0.1, 0.15) is 56.6 Å². The topological polar surface area (TPSA) is 111 Å². The molecule has 3 rings (SSSR count). The summed E-state index contributed by atoms with van der Waals surface area (Å²) in [4.78, 5) is 26.8. The number of halogens is 6. The molecule has 0 aliphatic carbocycles. The van der Waals surface area contributed by atoms with E-state index in [0.717, 1.165) is 26.2 Å². The van der Waals surface area contributed by atoms with E-state index >= 15 is 0 Å². The lowest BCUT2D eigenvalue weighted by Gasteiger charge is -2.38. The van der Waals surface area contributed by atoms with Crippen LogP contribution >= 0.6 is 11.6 Å². The minimum Gasteiger partial charge on any atom is -0.434 e. The highest BCUT2D eigenvalue weighted by molar-refractivity contribution is 7.91. The Labute approximate surface area is 251 Å². The lowest BCUT2D eigenvalue weighted by molar-refractivity contribution is -0.211. The average molecular weight is 657 g/mol. The summed E-state index contributed by atoms with van der Waals surface area (Å²) in [6.45, 7) is 1.77. The van der Waals surface area contributed by atoms with E-state index in [1.165, 1.54) is 28.6 Å². The van der Waals surface area contributed by atoms with Crippen molar-refractivity contribution in [2.75, 3.05) is 19.3 Å². The molecule has 1 N–H and O–H groups in total. The van der Waals surface area contributed by atoms with Crippen molar-refractivity contribution in [1.29, 1.82) is 0 Å². The van der Waals surface area contributed by atoms with Crippen molar-refractivity contribution in [3.8, 4) is 17.0 Å². The number of carbonyl (C=O) groups is 2. The Morgan fingerprint density at radius 3 is 2.40 bits per heavy atom. The third-order valence-corrected chi connectivity index (χ3v) is 9.46. The standard InChI is InChI=1S/C27H34ClF5N4O5S/c1-6-37-23(19-10-7-16(11-20(19)42-25(29)30)12-26(3,4)27(31,32)33)21(28)22(35-37)24(39)34-13-17-8-9-18(43(5,40)41)14-36(17)15(2)38/h7,10-11,17-18,25H,6,8-9,12-14H2,1-5H3,(H,34,39)/t17-,18+/m0/s1. The van der Waals surface area contributed by atoms with Gasteiger partial charge in [0.25, 0.3) is 5.91 Å². The second-order valence-corrected chi connectivity index (χ2v) is 13.9. The molecule has 1 saturated heterocycles.